The van der Waals surface area contributed by atoms with E-state index in [0.29, 0.717) is 51.1 Å². The number of nitro groups is 1. The Kier molecular flexibility index (Phi) is 9.97. The van der Waals surface area contributed by atoms with Crippen LogP contribution in [0.4, 0.5) is 5.69 Å². The van der Waals surface area contributed by atoms with Crippen molar-refractivity contribution in [3.05, 3.63) is 124 Å². The molecule has 0 spiro atoms. The highest BCUT2D eigenvalue weighted by Gasteiger charge is 2.34. The molecule has 12 heteroatoms. The lowest BCUT2D eigenvalue weighted by Gasteiger charge is -2.25. The first-order valence-electron chi connectivity index (χ1n) is 14.8. The van der Waals surface area contributed by atoms with E-state index in [1.807, 2.05) is 32.0 Å². The highest BCUT2D eigenvalue weighted by Crippen LogP contribution is 2.36. The number of nitro benzene ring substituents is 1. The Hall–Kier alpha value is -5.23. The zero-order valence-electron chi connectivity index (χ0n) is 25.8. The van der Waals surface area contributed by atoms with Crippen molar-refractivity contribution in [3.8, 4) is 17.2 Å². The SMILES string of the molecule is CCOC(=O)C1=C(C)N=c2s/c(=C\c3cccc(OCc4ccc([N+](=O)[O-])cc4)c3)c(=O)n2[C@H]1c1ccc(OCC)c(OCC)c1. The number of hydrogen-bond acceptors (Lipinski definition) is 10. The summed E-state index contributed by atoms with van der Waals surface area (Å²) < 4.78 is 24.9. The van der Waals surface area contributed by atoms with Gasteiger partial charge in [-0.3, -0.25) is 19.5 Å². The number of carbonyl (C=O) groups is 1. The van der Waals surface area contributed by atoms with Crippen LogP contribution in [0.3, 0.4) is 0 Å². The van der Waals surface area contributed by atoms with Crippen LogP contribution in [0.25, 0.3) is 6.08 Å². The molecule has 0 unspecified atom stereocenters. The largest absolute Gasteiger partial charge is 0.490 e. The smallest absolute Gasteiger partial charge is 0.338 e. The van der Waals surface area contributed by atoms with Gasteiger partial charge < -0.3 is 18.9 Å². The molecule has 2 heterocycles. The van der Waals surface area contributed by atoms with Crippen molar-refractivity contribution in [1.29, 1.82) is 0 Å². The topological polar surface area (TPSA) is 131 Å². The molecule has 0 amide bonds. The first kappa shape index (κ1) is 32.2. The van der Waals surface area contributed by atoms with Crippen LogP contribution in [0.15, 0.2) is 87.8 Å². The third kappa shape index (κ3) is 6.86. The van der Waals surface area contributed by atoms with Gasteiger partial charge in [0.05, 0.1) is 46.6 Å². The van der Waals surface area contributed by atoms with E-state index in [2.05, 4.69) is 4.99 Å². The van der Waals surface area contributed by atoms with Crippen LogP contribution in [-0.2, 0) is 16.1 Å². The Morgan fingerprint density at radius 3 is 2.41 bits per heavy atom. The first-order chi connectivity index (χ1) is 22.2. The number of fused-ring (bicyclic) bond motifs is 1. The van der Waals surface area contributed by atoms with Crippen LogP contribution in [0.1, 0.15) is 50.4 Å². The highest BCUT2D eigenvalue weighted by molar-refractivity contribution is 7.07. The van der Waals surface area contributed by atoms with E-state index in [0.717, 1.165) is 11.1 Å². The number of allylic oxidation sites excluding steroid dienone is 1. The summed E-state index contributed by atoms with van der Waals surface area (Å²) in [6.07, 6.45) is 1.76. The van der Waals surface area contributed by atoms with E-state index < -0.39 is 16.9 Å². The molecule has 0 fully saturated rings. The van der Waals surface area contributed by atoms with E-state index in [4.69, 9.17) is 18.9 Å². The second kappa shape index (κ2) is 14.2. The fraction of sp³-hybridized carbons (Fsp3) is 0.265. The van der Waals surface area contributed by atoms with Gasteiger partial charge in [-0.2, -0.15) is 0 Å². The minimum Gasteiger partial charge on any atom is -0.490 e. The molecular formula is C34H33N3O8S. The second-order valence-electron chi connectivity index (χ2n) is 10.2. The van der Waals surface area contributed by atoms with E-state index in [-0.39, 0.29) is 30.0 Å². The molecule has 1 atom stereocenters. The highest BCUT2D eigenvalue weighted by atomic mass is 32.1. The molecule has 0 aliphatic carbocycles. The first-order valence-corrected chi connectivity index (χ1v) is 15.6. The van der Waals surface area contributed by atoms with E-state index >= 15 is 0 Å². The van der Waals surface area contributed by atoms with Gasteiger partial charge in [0.1, 0.15) is 12.4 Å². The van der Waals surface area contributed by atoms with Crippen molar-refractivity contribution < 1.29 is 28.7 Å². The normalized spacial score (nSPS) is 14.3. The number of nitrogens with zero attached hydrogens (tertiary/aromatic N) is 3. The second-order valence-corrected chi connectivity index (χ2v) is 11.2. The van der Waals surface area contributed by atoms with Gasteiger partial charge in [0.25, 0.3) is 11.2 Å². The standard InChI is InChI=1S/C34H33N3O8S/c1-5-42-27-16-13-24(19-28(27)43-6-2)31-30(33(39)44-7-3)21(4)35-34-36(31)32(38)29(46-34)18-23-9-8-10-26(17-23)45-20-22-11-14-25(15-12-22)37(40)41/h8-19,31H,5-7,20H2,1-4H3/b29-18-/t31-/m0/s1. The molecule has 238 valence electrons. The van der Waals surface area contributed by atoms with Crippen molar-refractivity contribution in [1.82, 2.24) is 4.57 Å². The van der Waals surface area contributed by atoms with Gasteiger partial charge in [-0.15, -0.1) is 0 Å². The Labute approximate surface area is 268 Å². The Morgan fingerprint density at radius 2 is 1.72 bits per heavy atom. The van der Waals surface area contributed by atoms with Gasteiger partial charge in [0.2, 0.25) is 0 Å². The minimum atomic E-state index is -0.802. The number of esters is 1. The molecule has 1 aliphatic rings. The van der Waals surface area contributed by atoms with Crippen molar-refractivity contribution >= 4 is 29.1 Å². The van der Waals surface area contributed by atoms with Crippen LogP contribution in [0.2, 0.25) is 0 Å². The zero-order valence-corrected chi connectivity index (χ0v) is 26.7. The lowest BCUT2D eigenvalue weighted by molar-refractivity contribution is -0.384. The van der Waals surface area contributed by atoms with E-state index in [1.165, 1.54) is 28.0 Å². The minimum absolute atomic E-state index is 0.0104. The molecule has 3 aromatic carbocycles. The van der Waals surface area contributed by atoms with Crippen molar-refractivity contribution in [2.24, 2.45) is 4.99 Å². The Bertz CT molecular complexity index is 1980. The monoisotopic (exact) mass is 643 g/mol. The predicted molar refractivity (Wildman–Crippen MR) is 173 cm³/mol. The molecular weight excluding hydrogens is 610 g/mol. The summed E-state index contributed by atoms with van der Waals surface area (Å²) in [5, 5.41) is 10.9. The average molecular weight is 644 g/mol. The van der Waals surface area contributed by atoms with Crippen LogP contribution in [0.5, 0.6) is 17.2 Å². The number of ether oxygens (including phenoxy) is 4. The van der Waals surface area contributed by atoms with Crippen LogP contribution >= 0.6 is 11.3 Å². The van der Waals surface area contributed by atoms with Crippen LogP contribution in [0, 0.1) is 10.1 Å². The van der Waals surface area contributed by atoms with Crippen molar-refractivity contribution in [3.63, 3.8) is 0 Å². The fourth-order valence-corrected chi connectivity index (χ4v) is 6.12. The number of rotatable bonds is 12. The van der Waals surface area contributed by atoms with Gasteiger partial charge in [-0.05, 0) is 86.9 Å². The molecule has 0 saturated carbocycles. The lowest BCUT2D eigenvalue weighted by Crippen LogP contribution is -2.40. The van der Waals surface area contributed by atoms with Crippen molar-refractivity contribution in [2.75, 3.05) is 19.8 Å². The van der Waals surface area contributed by atoms with Gasteiger partial charge in [-0.25, -0.2) is 9.79 Å². The number of non-ortho nitro benzene ring substituents is 1. The third-order valence-electron chi connectivity index (χ3n) is 7.11. The number of hydrogen-bond donors (Lipinski definition) is 0. The van der Waals surface area contributed by atoms with Gasteiger partial charge in [0.15, 0.2) is 16.3 Å². The molecule has 5 rings (SSSR count). The molecule has 0 bridgehead atoms. The van der Waals surface area contributed by atoms with Gasteiger partial charge >= 0.3 is 5.97 Å². The maximum absolute atomic E-state index is 14.1. The molecule has 46 heavy (non-hydrogen) atoms. The molecule has 0 saturated heterocycles. The maximum Gasteiger partial charge on any atom is 0.338 e. The summed E-state index contributed by atoms with van der Waals surface area (Å²) >= 11 is 1.22. The van der Waals surface area contributed by atoms with Crippen molar-refractivity contribution in [2.45, 2.75) is 40.3 Å². The van der Waals surface area contributed by atoms with E-state index in [1.54, 1.807) is 56.3 Å². The number of thiazole rings is 1. The number of carbonyl (C=O) groups excluding carboxylic acids is 1. The third-order valence-corrected chi connectivity index (χ3v) is 8.09. The van der Waals surface area contributed by atoms with Crippen LogP contribution in [-0.4, -0.2) is 35.3 Å². The zero-order chi connectivity index (χ0) is 32.8. The summed E-state index contributed by atoms with van der Waals surface area (Å²) in [6.45, 7) is 8.46. The maximum atomic E-state index is 14.1. The Morgan fingerprint density at radius 1 is 0.978 bits per heavy atom. The Balaban J connectivity index is 1.53. The molecule has 11 nitrogen and oxygen atoms in total. The fourth-order valence-electron chi connectivity index (χ4n) is 5.07. The number of aromatic nitrogens is 1. The summed E-state index contributed by atoms with van der Waals surface area (Å²) in [5.41, 5.74) is 2.59. The molecule has 1 aromatic heterocycles. The quantitative estimate of drug-likeness (QED) is 0.119. The summed E-state index contributed by atoms with van der Waals surface area (Å²) in [7, 11) is 0. The average Bonchev–Trinajstić information content (AvgIpc) is 3.34. The molecule has 4 aromatic rings. The lowest BCUT2D eigenvalue weighted by atomic mass is 9.95. The summed E-state index contributed by atoms with van der Waals surface area (Å²) in [4.78, 5) is 42.9. The summed E-state index contributed by atoms with van der Waals surface area (Å²) in [5.74, 6) is 1.09. The van der Waals surface area contributed by atoms with E-state index in [9.17, 15) is 19.7 Å². The number of benzene rings is 3. The molecule has 1 aliphatic heterocycles. The molecule has 0 radical (unpaired) electrons. The molecule has 0 N–H and O–H groups in total. The van der Waals surface area contributed by atoms with Gasteiger partial charge in [-0.1, -0.05) is 29.5 Å². The predicted octanol–water partition coefficient (Wildman–Crippen LogP) is 5.08. The van der Waals surface area contributed by atoms with Gasteiger partial charge in [0, 0.05) is 12.1 Å². The van der Waals surface area contributed by atoms with Crippen LogP contribution < -0.4 is 29.1 Å². The summed E-state index contributed by atoms with van der Waals surface area (Å²) in [6, 6.07) is 18.0.